The van der Waals surface area contributed by atoms with Gasteiger partial charge in [0.2, 0.25) is 0 Å². The van der Waals surface area contributed by atoms with Crippen molar-refractivity contribution in [2.24, 2.45) is 0 Å². The van der Waals surface area contributed by atoms with Crippen molar-refractivity contribution in [1.29, 1.82) is 0 Å². The Labute approximate surface area is 98.0 Å². The maximum absolute atomic E-state index is 11.0. The van der Waals surface area contributed by atoms with Gasteiger partial charge in [-0.1, -0.05) is 13.0 Å². The van der Waals surface area contributed by atoms with Crippen LogP contribution in [0.25, 0.3) is 0 Å². The number of benzene rings is 1. The van der Waals surface area contributed by atoms with Crippen molar-refractivity contribution in [3.05, 3.63) is 33.9 Å². The second-order valence-electron chi connectivity index (χ2n) is 3.55. The quantitative estimate of drug-likeness (QED) is 0.629. The molecule has 0 aliphatic rings. The molecule has 6 heteroatoms. The maximum atomic E-state index is 11.0. The summed E-state index contributed by atoms with van der Waals surface area (Å²) >= 11 is 0. The number of hydrogen-bond acceptors (Lipinski definition) is 4. The number of rotatable bonds is 5. The van der Waals surface area contributed by atoms with E-state index in [0.717, 1.165) is 6.07 Å². The first kappa shape index (κ1) is 13.0. The first-order valence-corrected chi connectivity index (χ1v) is 5.14. The van der Waals surface area contributed by atoms with E-state index in [9.17, 15) is 14.9 Å². The monoisotopic (exact) mass is 239 g/mol. The van der Waals surface area contributed by atoms with Gasteiger partial charge in [-0.15, -0.1) is 0 Å². The predicted molar refractivity (Wildman–Crippen MR) is 60.4 cm³/mol. The molecule has 1 atom stereocenters. The topological polar surface area (TPSA) is 89.7 Å². The second kappa shape index (κ2) is 5.29. The molecule has 92 valence electrons. The van der Waals surface area contributed by atoms with Crippen molar-refractivity contribution >= 4 is 11.7 Å². The normalized spacial score (nSPS) is 11.9. The summed E-state index contributed by atoms with van der Waals surface area (Å²) < 4.78 is 5.36. The summed E-state index contributed by atoms with van der Waals surface area (Å²) in [6.45, 7) is 3.65. The Morgan fingerprint density at radius 1 is 1.59 bits per heavy atom. The number of aromatic carboxylic acids is 1. The van der Waals surface area contributed by atoms with Crippen molar-refractivity contribution in [3.63, 3.8) is 0 Å². The number of nitro benzene ring substituents is 1. The van der Waals surface area contributed by atoms with E-state index in [1.807, 2.05) is 6.92 Å². The molecule has 1 rings (SSSR count). The molecule has 1 unspecified atom stereocenters. The predicted octanol–water partition coefficient (Wildman–Crippen LogP) is 2.47. The third-order valence-corrected chi connectivity index (χ3v) is 2.32. The third kappa shape index (κ3) is 2.93. The van der Waals surface area contributed by atoms with Crippen molar-refractivity contribution in [2.75, 3.05) is 0 Å². The summed E-state index contributed by atoms with van der Waals surface area (Å²) in [6, 6.07) is 3.97. The molecule has 0 saturated carbocycles. The summed E-state index contributed by atoms with van der Waals surface area (Å²) in [5.74, 6) is -1.34. The first-order valence-electron chi connectivity index (χ1n) is 5.14. The Balaban J connectivity index is 3.25. The minimum absolute atomic E-state index is 0.0288. The van der Waals surface area contributed by atoms with Crippen LogP contribution >= 0.6 is 0 Å². The van der Waals surface area contributed by atoms with Gasteiger partial charge in [-0.2, -0.15) is 0 Å². The van der Waals surface area contributed by atoms with Gasteiger partial charge in [0.1, 0.15) is 5.75 Å². The van der Waals surface area contributed by atoms with Crippen LogP contribution in [0, 0.1) is 10.1 Å². The molecule has 0 amide bonds. The summed E-state index contributed by atoms with van der Waals surface area (Å²) in [7, 11) is 0. The standard InChI is InChI=1S/C11H13NO5/c1-3-7(2)17-9-6-4-5-8(12(15)16)10(9)11(13)14/h4-7H,3H2,1-2H3,(H,13,14). The number of hydrogen-bond donors (Lipinski definition) is 1. The van der Waals surface area contributed by atoms with Gasteiger partial charge in [-0.3, -0.25) is 10.1 Å². The van der Waals surface area contributed by atoms with Gasteiger partial charge in [0.15, 0.2) is 5.56 Å². The van der Waals surface area contributed by atoms with E-state index in [4.69, 9.17) is 9.84 Å². The Morgan fingerprint density at radius 3 is 2.71 bits per heavy atom. The van der Waals surface area contributed by atoms with Crippen LogP contribution in [0.4, 0.5) is 5.69 Å². The lowest BCUT2D eigenvalue weighted by Crippen LogP contribution is -2.13. The lowest BCUT2D eigenvalue weighted by molar-refractivity contribution is -0.385. The molecule has 17 heavy (non-hydrogen) atoms. The number of carboxylic acids is 1. The fraction of sp³-hybridized carbons (Fsp3) is 0.364. The molecule has 0 bridgehead atoms. The molecule has 1 N–H and O–H groups in total. The van der Waals surface area contributed by atoms with E-state index in [0.29, 0.717) is 6.42 Å². The zero-order valence-corrected chi connectivity index (χ0v) is 9.54. The second-order valence-corrected chi connectivity index (χ2v) is 3.55. The van der Waals surface area contributed by atoms with Crippen LogP contribution in [0.1, 0.15) is 30.6 Å². The van der Waals surface area contributed by atoms with E-state index in [2.05, 4.69) is 0 Å². The highest BCUT2D eigenvalue weighted by Crippen LogP contribution is 2.29. The molecule has 0 fully saturated rings. The van der Waals surface area contributed by atoms with Gasteiger partial charge in [-0.25, -0.2) is 4.79 Å². The Bertz CT molecular complexity index is 443. The van der Waals surface area contributed by atoms with Crippen molar-refractivity contribution in [3.8, 4) is 5.75 Å². The van der Waals surface area contributed by atoms with Crippen LogP contribution in [-0.4, -0.2) is 22.1 Å². The first-order chi connectivity index (χ1) is 7.97. The molecule has 1 aromatic rings. The van der Waals surface area contributed by atoms with Crippen molar-refractivity contribution in [2.45, 2.75) is 26.4 Å². The van der Waals surface area contributed by atoms with Gasteiger partial charge in [0.25, 0.3) is 5.69 Å². The fourth-order valence-electron chi connectivity index (χ4n) is 1.28. The Morgan fingerprint density at radius 2 is 2.24 bits per heavy atom. The van der Waals surface area contributed by atoms with Gasteiger partial charge < -0.3 is 9.84 Å². The molecule has 0 aliphatic heterocycles. The number of nitrogens with zero attached hydrogens (tertiary/aromatic N) is 1. The molecule has 1 aromatic carbocycles. The minimum atomic E-state index is -1.37. The van der Waals surface area contributed by atoms with E-state index in [1.165, 1.54) is 12.1 Å². The molecular weight excluding hydrogens is 226 g/mol. The Hall–Kier alpha value is -2.11. The molecule has 0 spiro atoms. The number of carboxylic acid groups (broad SMARTS) is 1. The van der Waals surface area contributed by atoms with Gasteiger partial charge >= 0.3 is 5.97 Å². The highest BCUT2D eigenvalue weighted by molar-refractivity contribution is 5.95. The summed E-state index contributed by atoms with van der Waals surface area (Å²) in [4.78, 5) is 21.0. The Kier molecular flexibility index (Phi) is 4.03. The fourth-order valence-corrected chi connectivity index (χ4v) is 1.28. The average Bonchev–Trinajstić information content (AvgIpc) is 2.28. The largest absolute Gasteiger partial charge is 0.490 e. The molecule has 0 aromatic heterocycles. The van der Waals surface area contributed by atoms with E-state index < -0.39 is 22.1 Å². The minimum Gasteiger partial charge on any atom is -0.490 e. The van der Waals surface area contributed by atoms with Crippen LogP contribution in [-0.2, 0) is 0 Å². The van der Waals surface area contributed by atoms with E-state index in [-0.39, 0.29) is 11.9 Å². The van der Waals surface area contributed by atoms with E-state index >= 15 is 0 Å². The van der Waals surface area contributed by atoms with Crippen LogP contribution in [0.3, 0.4) is 0 Å². The highest BCUT2D eigenvalue weighted by Gasteiger charge is 2.25. The van der Waals surface area contributed by atoms with Gasteiger partial charge in [-0.05, 0) is 19.4 Å². The zero-order chi connectivity index (χ0) is 13.0. The highest BCUT2D eigenvalue weighted by atomic mass is 16.6. The zero-order valence-electron chi connectivity index (χ0n) is 9.54. The molecule has 0 aliphatic carbocycles. The van der Waals surface area contributed by atoms with Crippen LogP contribution in [0.2, 0.25) is 0 Å². The molecular formula is C11H13NO5. The SMILES string of the molecule is CCC(C)Oc1cccc([N+](=O)[O-])c1C(=O)O. The molecule has 6 nitrogen and oxygen atoms in total. The van der Waals surface area contributed by atoms with Gasteiger partial charge in [0, 0.05) is 6.07 Å². The number of nitro groups is 1. The molecule has 0 radical (unpaired) electrons. The van der Waals surface area contributed by atoms with Crippen molar-refractivity contribution in [1.82, 2.24) is 0 Å². The lowest BCUT2D eigenvalue weighted by atomic mass is 10.1. The molecule has 0 saturated heterocycles. The third-order valence-electron chi connectivity index (χ3n) is 2.32. The van der Waals surface area contributed by atoms with Crippen LogP contribution in [0.15, 0.2) is 18.2 Å². The van der Waals surface area contributed by atoms with Crippen LogP contribution < -0.4 is 4.74 Å². The lowest BCUT2D eigenvalue weighted by Gasteiger charge is -2.14. The average molecular weight is 239 g/mol. The smallest absolute Gasteiger partial charge is 0.346 e. The van der Waals surface area contributed by atoms with Crippen LogP contribution in [0.5, 0.6) is 5.75 Å². The summed E-state index contributed by atoms with van der Waals surface area (Å²) in [5.41, 5.74) is -0.865. The summed E-state index contributed by atoms with van der Waals surface area (Å²) in [6.07, 6.45) is 0.483. The van der Waals surface area contributed by atoms with Crippen molar-refractivity contribution < 1.29 is 19.6 Å². The molecule has 0 heterocycles. The van der Waals surface area contributed by atoms with Gasteiger partial charge in [0.05, 0.1) is 11.0 Å². The number of carbonyl (C=O) groups is 1. The maximum Gasteiger partial charge on any atom is 0.346 e. The number of ether oxygens (including phenoxy) is 1. The van der Waals surface area contributed by atoms with E-state index in [1.54, 1.807) is 6.92 Å². The summed E-state index contributed by atoms with van der Waals surface area (Å²) in [5, 5.41) is 19.7.